The number of alkyl halides is 3. The van der Waals surface area contributed by atoms with Gasteiger partial charge in [-0.05, 0) is 18.4 Å². The second-order valence-corrected chi connectivity index (χ2v) is 4.00. The van der Waals surface area contributed by atoms with Gasteiger partial charge in [0.2, 0.25) is 0 Å². The molecule has 1 aliphatic heterocycles. The van der Waals surface area contributed by atoms with Crippen molar-refractivity contribution in [2.24, 2.45) is 0 Å². The highest BCUT2D eigenvalue weighted by Crippen LogP contribution is 2.51. The highest BCUT2D eigenvalue weighted by molar-refractivity contribution is 5.15. The van der Waals surface area contributed by atoms with E-state index >= 15 is 0 Å². The Kier molecular flexibility index (Phi) is 3.14. The van der Waals surface area contributed by atoms with Crippen LogP contribution in [0.4, 0.5) is 13.2 Å². The van der Waals surface area contributed by atoms with Crippen LogP contribution in [-0.2, 0) is 15.9 Å². The number of rotatable bonds is 4. The molecule has 2 nitrogen and oxygen atoms in total. The van der Waals surface area contributed by atoms with Gasteiger partial charge in [-0.25, -0.2) is 0 Å². The number of hydrogen-bond acceptors (Lipinski definition) is 2. The van der Waals surface area contributed by atoms with E-state index in [-0.39, 0.29) is 0 Å². The number of aryl methyl sites for hydroxylation is 1. The van der Waals surface area contributed by atoms with Gasteiger partial charge in [0.15, 0.2) is 0 Å². The molecule has 0 N–H and O–H groups in total. The largest absolute Gasteiger partial charge is 0.446 e. The lowest BCUT2D eigenvalue weighted by Gasteiger charge is -2.14. The summed E-state index contributed by atoms with van der Waals surface area (Å²) >= 11 is 0. The van der Waals surface area contributed by atoms with Crippen molar-refractivity contribution in [3.8, 4) is 0 Å². The predicted molar refractivity (Wildman–Crippen MR) is 55.4 cm³/mol. The molecule has 1 aromatic rings. The Morgan fingerprint density at radius 2 is 1.94 bits per heavy atom. The van der Waals surface area contributed by atoms with E-state index in [0.717, 1.165) is 12.7 Å². The van der Waals surface area contributed by atoms with Crippen molar-refractivity contribution < 1.29 is 22.6 Å². The van der Waals surface area contributed by atoms with Gasteiger partial charge in [0.1, 0.15) is 6.10 Å². The summed E-state index contributed by atoms with van der Waals surface area (Å²) in [5.74, 6) is -2.37. The molecule has 2 rings (SSSR count). The Morgan fingerprint density at radius 1 is 1.29 bits per heavy atom. The Bertz CT molecular complexity index is 377. The zero-order valence-electron chi connectivity index (χ0n) is 9.33. The van der Waals surface area contributed by atoms with Gasteiger partial charge < -0.3 is 9.47 Å². The summed E-state index contributed by atoms with van der Waals surface area (Å²) in [4.78, 5) is 0. The number of hydrogen-bond donors (Lipinski definition) is 0. The molecule has 2 atom stereocenters. The monoisotopic (exact) mass is 246 g/mol. The van der Waals surface area contributed by atoms with Crippen molar-refractivity contribution in [2.75, 3.05) is 7.11 Å². The van der Waals surface area contributed by atoms with Gasteiger partial charge in [0.05, 0.1) is 0 Å². The molecule has 0 aromatic heterocycles. The van der Waals surface area contributed by atoms with E-state index in [1.807, 2.05) is 30.3 Å². The van der Waals surface area contributed by atoms with E-state index in [4.69, 9.17) is 4.74 Å². The smallest absolute Gasteiger partial charge is 0.344 e. The van der Waals surface area contributed by atoms with Crippen molar-refractivity contribution in [2.45, 2.75) is 30.9 Å². The maximum Gasteiger partial charge on any atom is 0.446 e. The molecule has 1 fully saturated rings. The molecule has 1 aliphatic rings. The molecule has 1 saturated heterocycles. The molecule has 0 spiro atoms. The minimum absolute atomic E-state index is 0.303. The molecule has 0 radical (unpaired) electrons. The fraction of sp³-hybridized carbons (Fsp3) is 0.500. The average molecular weight is 246 g/mol. The molecule has 5 heteroatoms. The Balaban J connectivity index is 1.91. The van der Waals surface area contributed by atoms with Crippen LogP contribution < -0.4 is 0 Å². The highest BCUT2D eigenvalue weighted by atomic mass is 19.4. The molecular weight excluding hydrogens is 233 g/mol. The zero-order valence-corrected chi connectivity index (χ0v) is 9.33. The van der Waals surface area contributed by atoms with Gasteiger partial charge in [-0.15, -0.1) is 0 Å². The SMILES string of the molecule is CO[C@]1(C(F)(F)F)O[C@@H]1CCc1ccccc1. The van der Waals surface area contributed by atoms with E-state index in [2.05, 4.69) is 4.74 Å². The summed E-state index contributed by atoms with van der Waals surface area (Å²) in [5, 5.41) is 0. The molecule has 0 aliphatic carbocycles. The van der Waals surface area contributed by atoms with Crippen LogP contribution in [0.2, 0.25) is 0 Å². The minimum atomic E-state index is -4.47. The Hall–Kier alpha value is -1.07. The molecule has 1 heterocycles. The molecular formula is C12H13F3O2. The van der Waals surface area contributed by atoms with E-state index in [1.165, 1.54) is 0 Å². The van der Waals surface area contributed by atoms with Crippen molar-refractivity contribution in [3.63, 3.8) is 0 Å². The van der Waals surface area contributed by atoms with Gasteiger partial charge in [-0.2, -0.15) is 13.2 Å². The van der Waals surface area contributed by atoms with Gasteiger partial charge in [0, 0.05) is 7.11 Å². The maximum atomic E-state index is 12.6. The minimum Gasteiger partial charge on any atom is -0.344 e. The van der Waals surface area contributed by atoms with E-state index in [9.17, 15) is 13.2 Å². The highest BCUT2D eigenvalue weighted by Gasteiger charge is 2.74. The molecule has 94 valence electrons. The first-order valence-corrected chi connectivity index (χ1v) is 5.33. The number of halogens is 3. The van der Waals surface area contributed by atoms with Crippen LogP contribution in [-0.4, -0.2) is 25.2 Å². The van der Waals surface area contributed by atoms with Gasteiger partial charge >= 0.3 is 6.18 Å². The molecule has 1 aromatic carbocycles. The molecule has 0 unspecified atom stereocenters. The quantitative estimate of drug-likeness (QED) is 0.762. The maximum absolute atomic E-state index is 12.6. The fourth-order valence-corrected chi connectivity index (χ4v) is 1.91. The third-order valence-electron chi connectivity index (χ3n) is 2.92. The second-order valence-electron chi connectivity index (χ2n) is 4.00. The first-order chi connectivity index (χ1) is 7.99. The first kappa shape index (κ1) is 12.4. The lowest BCUT2D eigenvalue weighted by atomic mass is 10.1. The lowest BCUT2D eigenvalue weighted by Crippen LogP contribution is -2.37. The second kappa shape index (κ2) is 4.31. The van der Waals surface area contributed by atoms with Gasteiger partial charge in [-0.3, -0.25) is 0 Å². The van der Waals surface area contributed by atoms with Crippen LogP contribution in [0.3, 0.4) is 0 Å². The van der Waals surface area contributed by atoms with Crippen molar-refractivity contribution >= 4 is 0 Å². The van der Waals surface area contributed by atoms with Crippen molar-refractivity contribution in [1.29, 1.82) is 0 Å². The first-order valence-electron chi connectivity index (χ1n) is 5.33. The standard InChI is InChI=1S/C12H13F3O2/c1-16-11(12(13,14)15)10(17-11)8-7-9-5-3-2-4-6-9/h2-6,10H,7-8H2,1H3/t10-,11+/m1/s1. The number of epoxide rings is 1. The number of benzene rings is 1. The summed E-state index contributed by atoms with van der Waals surface area (Å²) in [6, 6.07) is 9.34. The third kappa shape index (κ3) is 2.30. The van der Waals surface area contributed by atoms with Crippen LogP contribution in [0.25, 0.3) is 0 Å². The summed E-state index contributed by atoms with van der Waals surface area (Å²) < 4.78 is 47.0. The van der Waals surface area contributed by atoms with E-state index in [0.29, 0.717) is 12.8 Å². The topological polar surface area (TPSA) is 21.8 Å². The van der Waals surface area contributed by atoms with E-state index < -0.39 is 18.1 Å². The summed E-state index contributed by atoms with van der Waals surface area (Å²) in [6.45, 7) is 0. The lowest BCUT2D eigenvalue weighted by molar-refractivity contribution is -0.263. The summed E-state index contributed by atoms with van der Waals surface area (Å²) in [5.41, 5.74) is 0.996. The Labute approximate surface area is 97.3 Å². The van der Waals surface area contributed by atoms with E-state index in [1.54, 1.807) is 0 Å². The average Bonchev–Trinajstić information content (AvgIpc) is 3.02. The number of methoxy groups -OCH3 is 1. The molecule has 0 bridgehead atoms. The van der Waals surface area contributed by atoms with Gasteiger partial charge in [0.25, 0.3) is 5.79 Å². The Morgan fingerprint density at radius 3 is 2.41 bits per heavy atom. The van der Waals surface area contributed by atoms with Crippen LogP contribution in [0.15, 0.2) is 30.3 Å². The summed E-state index contributed by atoms with van der Waals surface area (Å²) in [6.07, 6.45) is -4.51. The molecule has 17 heavy (non-hydrogen) atoms. The molecule has 0 saturated carbocycles. The predicted octanol–water partition coefficient (Wildman–Crippen LogP) is 2.92. The molecule has 0 amide bonds. The van der Waals surface area contributed by atoms with Gasteiger partial charge in [-0.1, -0.05) is 30.3 Å². The zero-order chi connectivity index (χ0) is 12.5. The van der Waals surface area contributed by atoms with Crippen LogP contribution >= 0.6 is 0 Å². The van der Waals surface area contributed by atoms with Crippen molar-refractivity contribution in [3.05, 3.63) is 35.9 Å². The third-order valence-corrected chi connectivity index (χ3v) is 2.92. The summed E-state index contributed by atoms with van der Waals surface area (Å²) in [7, 11) is 1.02. The van der Waals surface area contributed by atoms with Crippen LogP contribution in [0.1, 0.15) is 12.0 Å². The fourth-order valence-electron chi connectivity index (χ4n) is 1.91. The van der Waals surface area contributed by atoms with Crippen molar-refractivity contribution in [1.82, 2.24) is 0 Å². The normalized spacial score (nSPS) is 28.1. The van der Waals surface area contributed by atoms with Crippen LogP contribution in [0, 0.1) is 0 Å². The number of ether oxygens (including phenoxy) is 2. The van der Waals surface area contributed by atoms with Crippen LogP contribution in [0.5, 0.6) is 0 Å².